The smallest absolute Gasteiger partial charge is 0.0378 e. The van der Waals surface area contributed by atoms with E-state index >= 15 is 0 Å². The minimum Gasteiger partial charge on any atom is -0.382 e. The second kappa shape index (κ2) is 6.04. The molecule has 4 rings (SSSR count). The van der Waals surface area contributed by atoms with Gasteiger partial charge < -0.3 is 10.6 Å². The number of para-hydroxylation sites is 2. The largest absolute Gasteiger partial charge is 0.382 e. The second-order valence-electron chi connectivity index (χ2n) is 6.62. The highest BCUT2D eigenvalue weighted by molar-refractivity contribution is 5.59. The van der Waals surface area contributed by atoms with Crippen molar-refractivity contribution in [2.75, 3.05) is 10.6 Å². The van der Waals surface area contributed by atoms with Crippen molar-refractivity contribution in [2.24, 2.45) is 0 Å². The summed E-state index contributed by atoms with van der Waals surface area (Å²) in [6.45, 7) is 8.99. The summed E-state index contributed by atoms with van der Waals surface area (Å²) in [4.78, 5) is 0. The van der Waals surface area contributed by atoms with Gasteiger partial charge in [0, 0.05) is 35.3 Å². The predicted molar refractivity (Wildman–Crippen MR) is 95.9 cm³/mol. The molecule has 116 valence electrons. The van der Waals surface area contributed by atoms with Gasteiger partial charge in [0.05, 0.1) is 0 Å². The number of rotatable bonds is 0. The fourth-order valence-electron chi connectivity index (χ4n) is 3.33. The maximum absolute atomic E-state index is 3.45. The quantitative estimate of drug-likeness (QED) is 0.697. The van der Waals surface area contributed by atoms with Crippen molar-refractivity contribution in [3.8, 4) is 0 Å². The molecule has 0 unspecified atom stereocenters. The van der Waals surface area contributed by atoms with Gasteiger partial charge in [0.15, 0.2) is 0 Å². The van der Waals surface area contributed by atoms with E-state index in [0.717, 1.165) is 0 Å². The molecule has 2 heterocycles. The summed E-state index contributed by atoms with van der Waals surface area (Å²) in [5.41, 5.74) is 5.54. The van der Waals surface area contributed by atoms with Gasteiger partial charge in [0.1, 0.15) is 0 Å². The van der Waals surface area contributed by atoms with Gasteiger partial charge in [0.2, 0.25) is 0 Å². The van der Waals surface area contributed by atoms with Crippen molar-refractivity contribution in [3.63, 3.8) is 0 Å². The lowest BCUT2D eigenvalue weighted by atomic mass is 9.99. The molecule has 0 radical (unpaired) electrons. The monoisotopic (exact) mass is 294 g/mol. The third-order valence-electron chi connectivity index (χ3n) is 5.17. The van der Waals surface area contributed by atoms with Gasteiger partial charge in [0.25, 0.3) is 0 Å². The Morgan fingerprint density at radius 1 is 0.591 bits per heavy atom. The standard InChI is InChI=1S/2C10H13N/c2*1-7-8(2)11-10-6-4-3-5-9(7)10/h2*3-8,11H,1-2H3/t7-,8+;7-,8-/m00/s1. The molecule has 0 amide bonds. The molecule has 2 N–H and O–H groups in total. The average Bonchev–Trinajstić information content (AvgIpc) is 2.98. The van der Waals surface area contributed by atoms with Gasteiger partial charge >= 0.3 is 0 Å². The summed E-state index contributed by atoms with van der Waals surface area (Å²) in [5.74, 6) is 1.32. The van der Waals surface area contributed by atoms with Crippen molar-refractivity contribution in [1.29, 1.82) is 0 Å². The average molecular weight is 294 g/mol. The van der Waals surface area contributed by atoms with Gasteiger partial charge in [-0.3, -0.25) is 0 Å². The fraction of sp³-hybridized carbons (Fsp3) is 0.400. The number of anilines is 2. The van der Waals surface area contributed by atoms with Crippen molar-refractivity contribution < 1.29 is 0 Å². The molecule has 4 atom stereocenters. The summed E-state index contributed by atoms with van der Waals surface area (Å²) in [5, 5.41) is 6.89. The fourth-order valence-corrected chi connectivity index (χ4v) is 3.33. The van der Waals surface area contributed by atoms with Crippen LogP contribution in [0.2, 0.25) is 0 Å². The molecule has 2 aliphatic rings. The molecule has 0 aliphatic carbocycles. The Morgan fingerprint density at radius 3 is 1.32 bits per heavy atom. The van der Waals surface area contributed by atoms with Gasteiger partial charge in [-0.15, -0.1) is 0 Å². The van der Waals surface area contributed by atoms with E-state index in [9.17, 15) is 0 Å². The lowest BCUT2D eigenvalue weighted by Gasteiger charge is -2.08. The lowest BCUT2D eigenvalue weighted by Crippen LogP contribution is -2.12. The van der Waals surface area contributed by atoms with Crippen molar-refractivity contribution in [1.82, 2.24) is 0 Å². The third-order valence-corrected chi connectivity index (χ3v) is 5.17. The highest BCUT2D eigenvalue weighted by Gasteiger charge is 2.24. The number of fused-ring (bicyclic) bond motifs is 2. The molecule has 0 saturated carbocycles. The van der Waals surface area contributed by atoms with Gasteiger partial charge in [-0.1, -0.05) is 50.2 Å². The lowest BCUT2D eigenvalue weighted by molar-refractivity contribution is 0.690. The van der Waals surface area contributed by atoms with Crippen LogP contribution in [0.3, 0.4) is 0 Å². The molecular weight excluding hydrogens is 268 g/mol. The van der Waals surface area contributed by atoms with Crippen LogP contribution in [0.25, 0.3) is 0 Å². The Labute approximate surface area is 134 Å². The maximum Gasteiger partial charge on any atom is 0.0378 e. The summed E-state index contributed by atoms with van der Waals surface area (Å²) >= 11 is 0. The first-order valence-corrected chi connectivity index (χ1v) is 8.29. The normalized spacial score (nSPS) is 27.8. The molecular formula is C20H26N2. The van der Waals surface area contributed by atoms with Crippen LogP contribution < -0.4 is 10.6 Å². The summed E-state index contributed by atoms with van der Waals surface area (Å²) < 4.78 is 0. The molecule has 2 nitrogen and oxygen atoms in total. The summed E-state index contributed by atoms with van der Waals surface area (Å²) in [7, 11) is 0. The third kappa shape index (κ3) is 2.70. The Balaban J connectivity index is 0.000000131. The van der Waals surface area contributed by atoms with Gasteiger partial charge in [-0.05, 0) is 37.1 Å². The van der Waals surface area contributed by atoms with E-state index in [2.05, 4.69) is 86.9 Å². The molecule has 2 heteroatoms. The first kappa shape index (κ1) is 15.0. The zero-order valence-electron chi connectivity index (χ0n) is 13.9. The van der Waals surface area contributed by atoms with E-state index in [1.165, 1.54) is 22.5 Å². The van der Waals surface area contributed by atoms with E-state index < -0.39 is 0 Å². The number of benzene rings is 2. The van der Waals surface area contributed by atoms with Crippen LogP contribution in [0.1, 0.15) is 50.7 Å². The molecule has 0 bridgehead atoms. The number of hydrogen-bond acceptors (Lipinski definition) is 2. The van der Waals surface area contributed by atoms with E-state index in [-0.39, 0.29) is 0 Å². The summed E-state index contributed by atoms with van der Waals surface area (Å²) in [6.07, 6.45) is 0. The predicted octanol–water partition coefficient (Wildman–Crippen LogP) is 5.21. The van der Waals surface area contributed by atoms with Crippen LogP contribution in [0, 0.1) is 0 Å². The molecule has 0 saturated heterocycles. The number of hydrogen-bond donors (Lipinski definition) is 2. The summed E-state index contributed by atoms with van der Waals surface area (Å²) in [6, 6.07) is 18.3. The van der Waals surface area contributed by atoms with Gasteiger partial charge in [-0.25, -0.2) is 0 Å². The van der Waals surface area contributed by atoms with Crippen LogP contribution >= 0.6 is 0 Å². The second-order valence-corrected chi connectivity index (χ2v) is 6.62. The van der Waals surface area contributed by atoms with Crippen molar-refractivity contribution in [2.45, 2.75) is 51.6 Å². The minimum absolute atomic E-state index is 0.590. The van der Waals surface area contributed by atoms with Crippen LogP contribution in [0.4, 0.5) is 11.4 Å². The maximum atomic E-state index is 3.45. The molecule has 22 heavy (non-hydrogen) atoms. The molecule has 0 fully saturated rings. The Hall–Kier alpha value is -1.96. The highest BCUT2D eigenvalue weighted by Crippen LogP contribution is 2.35. The van der Waals surface area contributed by atoms with Crippen LogP contribution in [-0.4, -0.2) is 12.1 Å². The Bertz CT molecular complexity index is 592. The molecule has 2 aliphatic heterocycles. The molecule has 0 spiro atoms. The van der Waals surface area contributed by atoms with Crippen LogP contribution in [0.15, 0.2) is 48.5 Å². The molecule has 0 aromatic heterocycles. The van der Waals surface area contributed by atoms with E-state index in [0.29, 0.717) is 23.9 Å². The van der Waals surface area contributed by atoms with Crippen molar-refractivity contribution in [3.05, 3.63) is 59.7 Å². The van der Waals surface area contributed by atoms with E-state index in [1.807, 2.05) is 0 Å². The highest BCUT2D eigenvalue weighted by atomic mass is 15.0. The molecule has 2 aromatic rings. The topological polar surface area (TPSA) is 24.1 Å². The Morgan fingerprint density at radius 2 is 0.955 bits per heavy atom. The van der Waals surface area contributed by atoms with E-state index in [1.54, 1.807) is 0 Å². The van der Waals surface area contributed by atoms with Crippen LogP contribution in [-0.2, 0) is 0 Å². The zero-order valence-corrected chi connectivity index (χ0v) is 13.9. The zero-order chi connectivity index (χ0) is 15.7. The first-order valence-electron chi connectivity index (χ1n) is 8.29. The van der Waals surface area contributed by atoms with E-state index in [4.69, 9.17) is 0 Å². The van der Waals surface area contributed by atoms with Gasteiger partial charge in [-0.2, -0.15) is 0 Å². The molecule has 2 aromatic carbocycles. The number of nitrogens with one attached hydrogen (secondary N) is 2. The van der Waals surface area contributed by atoms with Crippen molar-refractivity contribution >= 4 is 11.4 Å². The van der Waals surface area contributed by atoms with Crippen LogP contribution in [0.5, 0.6) is 0 Å². The Kier molecular flexibility index (Phi) is 4.10. The SMILES string of the molecule is C[C@@H]1Nc2ccccc2[C@H]1C.C[C@@H]1c2ccccc2N[C@@H]1C. The minimum atomic E-state index is 0.590. The first-order chi connectivity index (χ1) is 10.6.